The van der Waals surface area contributed by atoms with Crippen LogP contribution in [0.5, 0.6) is 5.75 Å². The maximum atomic E-state index is 13.0. The molecule has 3 aromatic rings. The Morgan fingerprint density at radius 2 is 1.69 bits per heavy atom. The summed E-state index contributed by atoms with van der Waals surface area (Å²) in [5.41, 5.74) is 1.66. The number of sulfonamides is 1. The molecule has 0 radical (unpaired) electrons. The summed E-state index contributed by atoms with van der Waals surface area (Å²) in [4.78, 5) is 12.7. The zero-order chi connectivity index (χ0) is 23.0. The molecule has 1 amide bonds. The zero-order valence-electron chi connectivity index (χ0n) is 18.0. The highest BCUT2D eigenvalue weighted by atomic mass is 32.2. The van der Waals surface area contributed by atoms with Crippen LogP contribution in [0.25, 0.3) is 0 Å². The highest BCUT2D eigenvalue weighted by Crippen LogP contribution is 2.22. The van der Waals surface area contributed by atoms with Crippen LogP contribution in [0.2, 0.25) is 0 Å². The second kappa shape index (κ2) is 10.8. The van der Waals surface area contributed by atoms with E-state index in [1.165, 1.54) is 23.5 Å². The monoisotopic (exact) mass is 454 g/mol. The number of methoxy groups -OCH3 is 1. The first kappa shape index (κ1) is 23.3. The van der Waals surface area contributed by atoms with E-state index < -0.39 is 10.0 Å². The van der Waals surface area contributed by atoms with E-state index in [1.54, 1.807) is 43.5 Å². The van der Waals surface area contributed by atoms with Gasteiger partial charge in [0.2, 0.25) is 0 Å². The summed E-state index contributed by atoms with van der Waals surface area (Å²) in [6, 6.07) is 22.2. The molecule has 32 heavy (non-hydrogen) atoms. The van der Waals surface area contributed by atoms with E-state index in [4.69, 9.17) is 9.47 Å². The fourth-order valence-corrected chi connectivity index (χ4v) is 4.25. The average Bonchev–Trinajstić information content (AvgIpc) is 2.83. The van der Waals surface area contributed by atoms with E-state index >= 15 is 0 Å². The van der Waals surface area contributed by atoms with E-state index in [1.807, 2.05) is 30.3 Å². The molecular formula is C24H26N2O5S. The first-order valence-electron chi connectivity index (χ1n) is 10.0. The van der Waals surface area contributed by atoms with Crippen LogP contribution in [0, 0.1) is 0 Å². The van der Waals surface area contributed by atoms with Crippen molar-refractivity contribution in [2.45, 2.75) is 11.4 Å². The van der Waals surface area contributed by atoms with Crippen LogP contribution in [0.4, 0.5) is 5.69 Å². The van der Waals surface area contributed by atoms with Crippen molar-refractivity contribution in [2.75, 3.05) is 31.7 Å². The number of carbonyl (C=O) groups is 1. The summed E-state index contributed by atoms with van der Waals surface area (Å²) in [6.45, 7) is 1.20. The first-order chi connectivity index (χ1) is 15.4. The molecule has 0 aliphatic heterocycles. The lowest BCUT2D eigenvalue weighted by atomic mass is 10.2. The predicted molar refractivity (Wildman–Crippen MR) is 123 cm³/mol. The Morgan fingerprint density at radius 1 is 0.938 bits per heavy atom. The van der Waals surface area contributed by atoms with Gasteiger partial charge in [0.15, 0.2) is 0 Å². The Morgan fingerprint density at radius 3 is 2.44 bits per heavy atom. The van der Waals surface area contributed by atoms with Gasteiger partial charge in [-0.15, -0.1) is 0 Å². The molecule has 0 atom stereocenters. The lowest BCUT2D eigenvalue weighted by molar-refractivity contribution is 0.0950. The molecule has 0 unspecified atom stereocenters. The maximum Gasteiger partial charge on any atom is 0.264 e. The van der Waals surface area contributed by atoms with Crippen LogP contribution >= 0.6 is 0 Å². The number of rotatable bonds is 10. The average molecular weight is 455 g/mol. The largest absolute Gasteiger partial charge is 0.491 e. The molecule has 0 heterocycles. The zero-order valence-corrected chi connectivity index (χ0v) is 18.8. The lowest BCUT2D eigenvalue weighted by Crippen LogP contribution is -2.27. The molecule has 0 saturated carbocycles. The Labute approximate surface area is 188 Å². The van der Waals surface area contributed by atoms with Crippen molar-refractivity contribution in [2.24, 2.45) is 0 Å². The molecule has 0 spiro atoms. The van der Waals surface area contributed by atoms with Crippen LogP contribution in [0.3, 0.4) is 0 Å². The van der Waals surface area contributed by atoms with E-state index in [0.717, 1.165) is 5.56 Å². The number of hydrogen-bond acceptors (Lipinski definition) is 5. The van der Waals surface area contributed by atoms with Gasteiger partial charge in [0.25, 0.3) is 15.9 Å². The molecule has 0 aromatic heterocycles. The van der Waals surface area contributed by atoms with Crippen molar-refractivity contribution >= 4 is 21.6 Å². The minimum absolute atomic E-state index is 0.0463. The van der Waals surface area contributed by atoms with Crippen molar-refractivity contribution in [3.8, 4) is 5.75 Å². The van der Waals surface area contributed by atoms with Gasteiger partial charge in [-0.25, -0.2) is 8.42 Å². The third kappa shape index (κ3) is 5.87. The van der Waals surface area contributed by atoms with E-state index in [9.17, 15) is 13.2 Å². The SMILES string of the molecule is COCCOc1cccc(CNC(=O)c2cccc(S(=O)(=O)N(C)c3ccccc3)c2)c1. The van der Waals surface area contributed by atoms with Gasteiger partial charge in [-0.05, 0) is 48.0 Å². The van der Waals surface area contributed by atoms with Crippen LogP contribution in [-0.2, 0) is 21.3 Å². The predicted octanol–water partition coefficient (Wildman–Crippen LogP) is 3.47. The Balaban J connectivity index is 1.69. The third-order valence-electron chi connectivity index (χ3n) is 4.78. The first-order valence-corrected chi connectivity index (χ1v) is 11.5. The fraction of sp³-hybridized carbons (Fsp3) is 0.208. The minimum Gasteiger partial charge on any atom is -0.491 e. The standard InChI is InChI=1S/C24H26N2O5S/c1-26(21-10-4-3-5-11-21)32(28,29)23-13-7-9-20(17-23)24(27)25-18-19-8-6-12-22(16-19)31-15-14-30-2/h3-13,16-17H,14-15,18H2,1-2H3,(H,25,27). The van der Waals surface area contributed by atoms with Crippen LogP contribution in [-0.4, -0.2) is 41.7 Å². The quantitative estimate of drug-likeness (QED) is 0.474. The molecule has 168 valence electrons. The molecule has 3 rings (SSSR count). The van der Waals surface area contributed by atoms with Gasteiger partial charge in [-0.3, -0.25) is 9.10 Å². The lowest BCUT2D eigenvalue weighted by Gasteiger charge is -2.19. The number of carbonyl (C=O) groups excluding carboxylic acids is 1. The third-order valence-corrected chi connectivity index (χ3v) is 6.56. The van der Waals surface area contributed by atoms with Gasteiger partial charge in [0.05, 0.1) is 17.2 Å². The van der Waals surface area contributed by atoms with E-state index in [2.05, 4.69) is 5.32 Å². The molecule has 3 aromatic carbocycles. The van der Waals surface area contributed by atoms with E-state index in [-0.39, 0.29) is 22.9 Å². The van der Waals surface area contributed by atoms with Crippen LogP contribution in [0.1, 0.15) is 15.9 Å². The van der Waals surface area contributed by atoms with E-state index in [0.29, 0.717) is 24.7 Å². The summed E-state index contributed by atoms with van der Waals surface area (Å²) >= 11 is 0. The van der Waals surface area contributed by atoms with Crippen LogP contribution < -0.4 is 14.4 Å². The Kier molecular flexibility index (Phi) is 7.86. The highest BCUT2D eigenvalue weighted by Gasteiger charge is 2.22. The summed E-state index contributed by atoms with van der Waals surface area (Å²) in [5, 5.41) is 2.82. The number of ether oxygens (including phenoxy) is 2. The molecular weight excluding hydrogens is 428 g/mol. The molecule has 0 fully saturated rings. The highest BCUT2D eigenvalue weighted by molar-refractivity contribution is 7.92. The molecule has 0 bridgehead atoms. The minimum atomic E-state index is -3.81. The van der Waals surface area contributed by atoms with Crippen molar-refractivity contribution < 1.29 is 22.7 Å². The van der Waals surface area contributed by atoms with Gasteiger partial charge < -0.3 is 14.8 Å². The number of nitrogens with zero attached hydrogens (tertiary/aromatic N) is 1. The maximum absolute atomic E-state index is 13.0. The van der Waals surface area contributed by atoms with Crippen LogP contribution in [0.15, 0.2) is 83.8 Å². The van der Waals surface area contributed by atoms with Crippen molar-refractivity contribution in [1.29, 1.82) is 0 Å². The van der Waals surface area contributed by atoms with Gasteiger partial charge in [-0.1, -0.05) is 36.4 Å². The summed E-state index contributed by atoms with van der Waals surface area (Å²) in [6.07, 6.45) is 0. The summed E-state index contributed by atoms with van der Waals surface area (Å²) in [7, 11) is -0.714. The number of benzene rings is 3. The Hall–Kier alpha value is -3.36. The Bertz CT molecular complexity index is 1150. The smallest absolute Gasteiger partial charge is 0.264 e. The number of amides is 1. The normalized spacial score (nSPS) is 11.1. The molecule has 0 aliphatic rings. The fourth-order valence-electron chi connectivity index (χ4n) is 3.01. The molecule has 8 heteroatoms. The second-order valence-corrected chi connectivity index (χ2v) is 8.98. The molecule has 0 saturated heterocycles. The number of anilines is 1. The number of nitrogens with one attached hydrogen (secondary N) is 1. The molecule has 0 aliphatic carbocycles. The molecule has 1 N–H and O–H groups in total. The van der Waals surface area contributed by atoms with Crippen molar-refractivity contribution in [1.82, 2.24) is 5.32 Å². The number of hydrogen-bond donors (Lipinski definition) is 1. The summed E-state index contributed by atoms with van der Waals surface area (Å²) < 4.78 is 37.7. The number of para-hydroxylation sites is 1. The topological polar surface area (TPSA) is 84.9 Å². The van der Waals surface area contributed by atoms with Gasteiger partial charge in [-0.2, -0.15) is 0 Å². The van der Waals surface area contributed by atoms with Crippen molar-refractivity contribution in [3.05, 3.63) is 90.0 Å². The van der Waals surface area contributed by atoms with Gasteiger partial charge >= 0.3 is 0 Å². The molecule has 7 nitrogen and oxygen atoms in total. The summed E-state index contributed by atoms with van der Waals surface area (Å²) in [5.74, 6) is 0.320. The second-order valence-electron chi connectivity index (χ2n) is 7.01. The van der Waals surface area contributed by atoms with Gasteiger partial charge in [0.1, 0.15) is 12.4 Å². The van der Waals surface area contributed by atoms with Gasteiger partial charge in [0, 0.05) is 26.3 Å². The van der Waals surface area contributed by atoms with Crippen molar-refractivity contribution in [3.63, 3.8) is 0 Å².